The minimum Gasteiger partial charge on any atom is -0.464 e. The van der Waals surface area contributed by atoms with Crippen molar-refractivity contribution in [1.29, 1.82) is 0 Å². The van der Waals surface area contributed by atoms with E-state index in [1.165, 1.54) is 7.11 Å². The van der Waals surface area contributed by atoms with E-state index in [0.29, 0.717) is 31.8 Å². The van der Waals surface area contributed by atoms with Crippen molar-refractivity contribution in [3.63, 3.8) is 0 Å². The topological polar surface area (TPSA) is 96.2 Å². The second-order valence-electron chi connectivity index (χ2n) is 12.2. The number of anilines is 2. The zero-order chi connectivity index (χ0) is 29.8. The number of methoxy groups -OCH3 is 1. The molecule has 222 valence electrons. The van der Waals surface area contributed by atoms with Gasteiger partial charge in [0.05, 0.1) is 24.4 Å². The number of benzene rings is 1. The fraction of sp³-hybridized carbons (Fsp3) is 0.406. The van der Waals surface area contributed by atoms with Crippen LogP contribution >= 0.6 is 0 Å². The van der Waals surface area contributed by atoms with Gasteiger partial charge in [-0.25, -0.2) is 23.7 Å². The maximum absolute atomic E-state index is 14.2. The molecule has 3 fully saturated rings. The highest BCUT2D eigenvalue weighted by Gasteiger charge is 2.46. The summed E-state index contributed by atoms with van der Waals surface area (Å²) in [5.74, 6) is 0.300. The molecular formula is C32H34FN7O3. The molecule has 1 amide bonds. The van der Waals surface area contributed by atoms with E-state index in [4.69, 9.17) is 4.74 Å². The average molecular weight is 584 g/mol. The largest absolute Gasteiger partial charge is 0.464 e. The molecule has 7 rings (SSSR count). The van der Waals surface area contributed by atoms with E-state index < -0.39 is 18.1 Å². The first-order valence-electron chi connectivity index (χ1n) is 14.7. The number of ether oxygens (including phenoxy) is 1. The quantitative estimate of drug-likeness (QED) is 0.317. The van der Waals surface area contributed by atoms with Crippen LogP contribution < -0.4 is 9.80 Å². The number of carbonyl (C=O) groups excluding carboxylic acids is 2. The molecule has 11 heteroatoms. The van der Waals surface area contributed by atoms with Crippen LogP contribution in [-0.2, 0) is 10.2 Å². The zero-order valence-corrected chi connectivity index (χ0v) is 24.4. The summed E-state index contributed by atoms with van der Waals surface area (Å²) in [5.41, 5.74) is 3.24. The third kappa shape index (κ3) is 4.67. The smallest absolute Gasteiger partial charge is 0.356 e. The summed E-state index contributed by atoms with van der Waals surface area (Å²) >= 11 is 0. The van der Waals surface area contributed by atoms with Crippen molar-refractivity contribution in [1.82, 2.24) is 24.5 Å². The number of nitrogens with zero attached hydrogens (tertiary/aromatic N) is 7. The first-order valence-corrected chi connectivity index (χ1v) is 14.7. The minimum absolute atomic E-state index is 0.0416. The Balaban J connectivity index is 1.04. The second-order valence-corrected chi connectivity index (χ2v) is 12.2. The molecule has 0 bridgehead atoms. The lowest BCUT2D eigenvalue weighted by atomic mass is 9.74. The number of aromatic nitrogens is 4. The third-order valence-corrected chi connectivity index (χ3v) is 9.41. The molecule has 3 aliphatic heterocycles. The van der Waals surface area contributed by atoms with E-state index in [-0.39, 0.29) is 22.8 Å². The molecule has 6 heterocycles. The molecule has 0 aliphatic carbocycles. The Bertz CT molecular complexity index is 1700. The summed E-state index contributed by atoms with van der Waals surface area (Å²) in [6, 6.07) is 17.2. The molecule has 10 nitrogen and oxygen atoms in total. The van der Waals surface area contributed by atoms with Gasteiger partial charge in [-0.05, 0) is 49.1 Å². The molecule has 43 heavy (non-hydrogen) atoms. The van der Waals surface area contributed by atoms with Gasteiger partial charge in [-0.2, -0.15) is 0 Å². The maximum Gasteiger partial charge on any atom is 0.356 e. The molecular weight excluding hydrogens is 549 g/mol. The molecule has 1 spiro atoms. The molecule has 4 aromatic rings. The number of halogens is 1. The number of hydrogen-bond acceptors (Lipinski definition) is 8. The minimum atomic E-state index is -0.505. The van der Waals surface area contributed by atoms with E-state index >= 15 is 0 Å². The Kier molecular flexibility index (Phi) is 6.55. The summed E-state index contributed by atoms with van der Waals surface area (Å²) in [6.45, 7) is 5.53. The van der Waals surface area contributed by atoms with Gasteiger partial charge in [-0.1, -0.05) is 36.4 Å². The van der Waals surface area contributed by atoms with E-state index in [9.17, 15) is 14.0 Å². The van der Waals surface area contributed by atoms with Gasteiger partial charge in [0.1, 0.15) is 12.5 Å². The first kappa shape index (κ1) is 27.3. The van der Waals surface area contributed by atoms with Crippen LogP contribution in [-0.4, -0.2) is 89.4 Å². The Morgan fingerprint density at radius 1 is 0.953 bits per heavy atom. The van der Waals surface area contributed by atoms with Crippen LogP contribution in [0.5, 0.6) is 0 Å². The highest BCUT2D eigenvalue weighted by molar-refractivity contribution is 5.91. The van der Waals surface area contributed by atoms with Crippen LogP contribution in [0.1, 0.15) is 45.1 Å². The summed E-state index contributed by atoms with van der Waals surface area (Å²) < 4.78 is 20.7. The van der Waals surface area contributed by atoms with Crippen molar-refractivity contribution >= 4 is 29.0 Å². The molecule has 0 N–H and O–H groups in total. The molecule has 3 aromatic heterocycles. The standard InChI is InChI=1S/C32H34FN7O3/c1-22-15-24(39-20-32(17-33,21-39)23-7-4-3-5-8-23)16-40-28(22)35-27(36-40)29(41)38-14-12-31(19-38)11-13-37(18-31)26-10-6-9-25(34-26)30(42)43-2/h3-10,15-16H,11-14,17-21H2,1-2H3/t31-/m1/s1. The van der Waals surface area contributed by atoms with Crippen LogP contribution in [0.15, 0.2) is 60.8 Å². The van der Waals surface area contributed by atoms with Crippen molar-refractivity contribution in [2.75, 3.05) is 62.9 Å². The highest BCUT2D eigenvalue weighted by Crippen LogP contribution is 2.41. The number of hydrogen-bond donors (Lipinski definition) is 0. The summed E-state index contributed by atoms with van der Waals surface area (Å²) in [6.07, 6.45) is 3.70. The van der Waals surface area contributed by atoms with Gasteiger partial charge in [-0.3, -0.25) is 4.79 Å². The number of amides is 1. The molecule has 0 unspecified atom stereocenters. The summed E-state index contributed by atoms with van der Waals surface area (Å²) in [5, 5.41) is 4.60. The lowest BCUT2D eigenvalue weighted by Crippen LogP contribution is -2.61. The second kappa shape index (κ2) is 10.3. The highest BCUT2D eigenvalue weighted by atomic mass is 19.1. The Labute approximate surface area is 249 Å². The molecule has 3 aliphatic rings. The van der Waals surface area contributed by atoms with Crippen LogP contribution in [0.4, 0.5) is 15.9 Å². The first-order chi connectivity index (χ1) is 20.8. The van der Waals surface area contributed by atoms with Crippen molar-refractivity contribution < 1.29 is 18.7 Å². The number of likely N-dealkylation sites (tertiary alicyclic amines) is 1. The summed E-state index contributed by atoms with van der Waals surface area (Å²) in [7, 11) is 1.35. The number of fused-ring (bicyclic) bond motifs is 1. The van der Waals surface area contributed by atoms with Gasteiger partial charge in [0, 0.05) is 44.7 Å². The number of alkyl halides is 1. The number of esters is 1. The third-order valence-electron chi connectivity index (χ3n) is 9.41. The van der Waals surface area contributed by atoms with Gasteiger partial charge in [0.2, 0.25) is 5.82 Å². The monoisotopic (exact) mass is 583 g/mol. The van der Waals surface area contributed by atoms with Crippen LogP contribution in [0.2, 0.25) is 0 Å². The van der Waals surface area contributed by atoms with E-state index in [2.05, 4.69) is 24.9 Å². The van der Waals surface area contributed by atoms with Gasteiger partial charge < -0.3 is 19.4 Å². The predicted molar refractivity (Wildman–Crippen MR) is 159 cm³/mol. The van der Waals surface area contributed by atoms with Crippen LogP contribution in [0, 0.1) is 12.3 Å². The maximum atomic E-state index is 14.2. The van der Waals surface area contributed by atoms with Crippen LogP contribution in [0.3, 0.4) is 0 Å². The lowest BCUT2D eigenvalue weighted by molar-refractivity contribution is 0.0593. The van der Waals surface area contributed by atoms with E-state index in [0.717, 1.165) is 48.6 Å². The van der Waals surface area contributed by atoms with Crippen molar-refractivity contribution in [2.24, 2.45) is 5.41 Å². The van der Waals surface area contributed by atoms with Gasteiger partial charge >= 0.3 is 5.97 Å². The van der Waals surface area contributed by atoms with Crippen molar-refractivity contribution in [2.45, 2.75) is 25.2 Å². The number of carbonyl (C=O) groups is 2. The molecule has 0 saturated carbocycles. The van der Waals surface area contributed by atoms with Gasteiger partial charge in [0.15, 0.2) is 11.3 Å². The lowest BCUT2D eigenvalue weighted by Gasteiger charge is -2.50. The van der Waals surface area contributed by atoms with Crippen molar-refractivity contribution in [3.8, 4) is 0 Å². The predicted octanol–water partition coefficient (Wildman–Crippen LogP) is 3.69. The molecule has 0 radical (unpaired) electrons. The Hall–Kier alpha value is -4.54. The van der Waals surface area contributed by atoms with Crippen molar-refractivity contribution in [3.05, 3.63) is 83.4 Å². The Morgan fingerprint density at radius 3 is 2.51 bits per heavy atom. The molecule has 3 saturated heterocycles. The van der Waals surface area contributed by atoms with Gasteiger partial charge in [0.25, 0.3) is 5.91 Å². The van der Waals surface area contributed by atoms with E-state index in [1.54, 1.807) is 10.6 Å². The zero-order valence-electron chi connectivity index (χ0n) is 24.4. The molecule has 1 aromatic carbocycles. The fourth-order valence-electron chi connectivity index (χ4n) is 6.93. The van der Waals surface area contributed by atoms with Crippen LogP contribution in [0.25, 0.3) is 5.65 Å². The number of aryl methyl sites for hydroxylation is 1. The Morgan fingerprint density at radius 2 is 1.74 bits per heavy atom. The number of pyridine rings is 2. The molecule has 1 atom stereocenters. The average Bonchev–Trinajstić information content (AvgIpc) is 3.76. The summed E-state index contributed by atoms with van der Waals surface area (Å²) in [4.78, 5) is 40.9. The number of rotatable bonds is 6. The van der Waals surface area contributed by atoms with E-state index in [1.807, 2.05) is 66.6 Å². The fourth-order valence-corrected chi connectivity index (χ4v) is 6.93. The normalized spacial score (nSPS) is 21.0. The van der Waals surface area contributed by atoms with Gasteiger partial charge in [-0.15, -0.1) is 5.10 Å². The SMILES string of the molecule is COC(=O)c1cccc(N2CC[C@@]3(CCN(C(=O)c4nc5c(C)cc(N6CC(CF)(c7ccccc7)C6)cn5n4)C3)C2)n1.